The predicted molar refractivity (Wildman–Crippen MR) is 89.4 cm³/mol. The van der Waals surface area contributed by atoms with Gasteiger partial charge in [0.15, 0.2) is 5.82 Å². The summed E-state index contributed by atoms with van der Waals surface area (Å²) in [4.78, 5) is 18.9. The van der Waals surface area contributed by atoms with E-state index in [1.807, 2.05) is 4.90 Å². The Labute approximate surface area is 146 Å². The molecule has 132 valence electrons. The van der Waals surface area contributed by atoms with Crippen molar-refractivity contribution < 1.29 is 13.7 Å². The number of hydrogen-bond donors (Lipinski definition) is 0. The molecule has 1 aromatic carbocycles. The van der Waals surface area contributed by atoms with Gasteiger partial charge in [-0.2, -0.15) is 4.98 Å². The molecule has 1 amide bonds. The van der Waals surface area contributed by atoms with Crippen LogP contribution in [0.15, 0.2) is 28.8 Å². The minimum absolute atomic E-state index is 0.0140. The highest BCUT2D eigenvalue weighted by atomic mass is 19.1. The summed E-state index contributed by atoms with van der Waals surface area (Å²) in [6, 6.07) is 6.65. The van der Waals surface area contributed by atoms with E-state index in [1.54, 1.807) is 12.1 Å². The van der Waals surface area contributed by atoms with E-state index in [2.05, 4.69) is 10.1 Å². The molecule has 2 aromatic rings. The lowest BCUT2D eigenvalue weighted by Gasteiger charge is -2.31. The number of hydrogen-bond acceptors (Lipinski definition) is 4. The Morgan fingerprint density at radius 3 is 2.68 bits per heavy atom. The number of rotatable bonds is 4. The summed E-state index contributed by atoms with van der Waals surface area (Å²) in [7, 11) is 0. The highest BCUT2D eigenvalue weighted by Crippen LogP contribution is 2.32. The second kappa shape index (κ2) is 6.94. The van der Waals surface area contributed by atoms with Crippen LogP contribution in [-0.2, 0) is 11.2 Å². The Kier molecular flexibility index (Phi) is 4.51. The second-order valence-corrected chi connectivity index (χ2v) is 7.09. The summed E-state index contributed by atoms with van der Waals surface area (Å²) in [5, 5.41) is 4.09. The molecule has 0 spiro atoms. The molecular weight excluding hydrogens is 321 g/mol. The first-order chi connectivity index (χ1) is 12.2. The summed E-state index contributed by atoms with van der Waals surface area (Å²) < 4.78 is 18.3. The van der Waals surface area contributed by atoms with Gasteiger partial charge in [0, 0.05) is 24.9 Å². The number of carbonyl (C=O) groups excluding carboxylic acids is 1. The number of nitrogens with zero attached hydrogens (tertiary/aromatic N) is 3. The van der Waals surface area contributed by atoms with Crippen molar-refractivity contribution >= 4 is 5.91 Å². The molecule has 2 aliphatic rings. The molecular formula is C19H22FN3O2. The summed E-state index contributed by atoms with van der Waals surface area (Å²) in [6.45, 7) is 0.693. The second-order valence-electron chi connectivity index (χ2n) is 7.09. The maximum absolute atomic E-state index is 13.0. The van der Waals surface area contributed by atoms with Crippen LogP contribution in [0.3, 0.4) is 0 Å². The first kappa shape index (κ1) is 16.2. The van der Waals surface area contributed by atoms with Gasteiger partial charge in [-0.15, -0.1) is 0 Å². The van der Waals surface area contributed by atoms with E-state index >= 15 is 0 Å². The maximum Gasteiger partial charge on any atom is 0.231 e. The molecule has 25 heavy (non-hydrogen) atoms. The Morgan fingerprint density at radius 2 is 1.92 bits per heavy atom. The zero-order valence-corrected chi connectivity index (χ0v) is 14.2. The molecule has 0 unspecified atom stereocenters. The number of likely N-dealkylation sites (tertiary alicyclic amines) is 1. The third-order valence-corrected chi connectivity index (χ3v) is 5.29. The van der Waals surface area contributed by atoms with Gasteiger partial charge < -0.3 is 9.42 Å². The van der Waals surface area contributed by atoms with Gasteiger partial charge in [-0.25, -0.2) is 4.39 Å². The summed E-state index contributed by atoms with van der Waals surface area (Å²) in [6.07, 6.45) is 6.86. The summed E-state index contributed by atoms with van der Waals surface area (Å²) >= 11 is 0. The van der Waals surface area contributed by atoms with Crippen LogP contribution in [0, 0.1) is 5.82 Å². The zero-order chi connectivity index (χ0) is 17.2. The lowest BCUT2D eigenvalue weighted by Crippen LogP contribution is -2.37. The standard InChI is InChI=1S/C19H22FN3O2/c20-15-8-6-13(7-9-15)10-17-21-19(22-25-17)14-11-18(24)23(12-14)16-4-2-1-3-5-16/h6-9,14,16H,1-5,10-12H2/t14-/m1/s1. The molecule has 0 N–H and O–H groups in total. The van der Waals surface area contributed by atoms with Crippen LogP contribution in [0.5, 0.6) is 0 Å². The van der Waals surface area contributed by atoms with Crippen molar-refractivity contribution in [3.8, 4) is 0 Å². The van der Waals surface area contributed by atoms with Crippen LogP contribution >= 0.6 is 0 Å². The highest BCUT2D eigenvalue weighted by Gasteiger charge is 2.37. The molecule has 1 atom stereocenters. The quantitative estimate of drug-likeness (QED) is 0.853. The number of aromatic nitrogens is 2. The van der Waals surface area contributed by atoms with Crippen LogP contribution < -0.4 is 0 Å². The molecule has 6 heteroatoms. The van der Waals surface area contributed by atoms with E-state index in [-0.39, 0.29) is 17.6 Å². The molecule has 0 radical (unpaired) electrons. The highest BCUT2D eigenvalue weighted by molar-refractivity contribution is 5.79. The smallest absolute Gasteiger partial charge is 0.231 e. The predicted octanol–water partition coefficient (Wildman–Crippen LogP) is 3.45. The van der Waals surface area contributed by atoms with Gasteiger partial charge in [0.1, 0.15) is 5.82 Å². The number of carbonyl (C=O) groups is 1. The summed E-state index contributed by atoms with van der Waals surface area (Å²) in [5.41, 5.74) is 0.919. The van der Waals surface area contributed by atoms with Gasteiger partial charge in [0.2, 0.25) is 11.8 Å². The Morgan fingerprint density at radius 1 is 1.16 bits per heavy atom. The number of halogens is 1. The number of amides is 1. The molecule has 5 nitrogen and oxygen atoms in total. The number of benzene rings is 1. The molecule has 1 aliphatic carbocycles. The maximum atomic E-state index is 13.0. The first-order valence-electron chi connectivity index (χ1n) is 9.05. The van der Waals surface area contributed by atoms with E-state index in [0.717, 1.165) is 18.4 Å². The fraction of sp³-hybridized carbons (Fsp3) is 0.526. The van der Waals surface area contributed by atoms with Crippen LogP contribution in [0.4, 0.5) is 4.39 Å². The van der Waals surface area contributed by atoms with Crippen LogP contribution in [0.25, 0.3) is 0 Å². The van der Waals surface area contributed by atoms with Crippen molar-refractivity contribution in [2.75, 3.05) is 6.54 Å². The molecule has 4 rings (SSSR count). The van der Waals surface area contributed by atoms with E-state index < -0.39 is 0 Å². The van der Waals surface area contributed by atoms with Gasteiger partial charge >= 0.3 is 0 Å². The van der Waals surface area contributed by atoms with Gasteiger partial charge in [-0.1, -0.05) is 36.6 Å². The van der Waals surface area contributed by atoms with E-state index in [0.29, 0.717) is 37.1 Å². The molecule has 1 saturated heterocycles. The average molecular weight is 343 g/mol. The van der Waals surface area contributed by atoms with E-state index in [9.17, 15) is 9.18 Å². The molecule has 0 bridgehead atoms. The van der Waals surface area contributed by atoms with Crippen molar-refractivity contribution in [2.24, 2.45) is 0 Å². The van der Waals surface area contributed by atoms with E-state index in [1.165, 1.54) is 31.4 Å². The summed E-state index contributed by atoms with van der Waals surface area (Å²) in [5.74, 6) is 1.08. The van der Waals surface area contributed by atoms with Gasteiger partial charge in [0.25, 0.3) is 0 Å². The van der Waals surface area contributed by atoms with Crippen LogP contribution in [-0.4, -0.2) is 33.5 Å². The fourth-order valence-electron chi connectivity index (χ4n) is 3.93. The van der Waals surface area contributed by atoms with Gasteiger partial charge in [0.05, 0.1) is 6.42 Å². The van der Waals surface area contributed by atoms with Crippen molar-refractivity contribution in [3.63, 3.8) is 0 Å². The zero-order valence-electron chi connectivity index (χ0n) is 14.2. The largest absolute Gasteiger partial charge is 0.339 e. The lowest BCUT2D eigenvalue weighted by molar-refractivity contribution is -0.130. The molecule has 1 aromatic heterocycles. The topological polar surface area (TPSA) is 59.2 Å². The molecule has 2 fully saturated rings. The van der Waals surface area contributed by atoms with Crippen molar-refractivity contribution in [3.05, 3.63) is 47.4 Å². The third kappa shape index (κ3) is 3.57. The van der Waals surface area contributed by atoms with Crippen molar-refractivity contribution in [2.45, 2.75) is 56.9 Å². The van der Waals surface area contributed by atoms with Crippen LogP contribution in [0.1, 0.15) is 61.7 Å². The minimum Gasteiger partial charge on any atom is -0.339 e. The third-order valence-electron chi connectivity index (χ3n) is 5.29. The Hall–Kier alpha value is -2.24. The van der Waals surface area contributed by atoms with E-state index in [4.69, 9.17) is 4.52 Å². The SMILES string of the molecule is O=C1C[C@@H](c2noc(Cc3ccc(F)cc3)n2)CN1C1CCCCC1. The van der Waals surface area contributed by atoms with Gasteiger partial charge in [-0.3, -0.25) is 4.79 Å². The van der Waals surface area contributed by atoms with Crippen molar-refractivity contribution in [1.29, 1.82) is 0 Å². The van der Waals surface area contributed by atoms with Gasteiger partial charge in [-0.05, 0) is 30.5 Å². The fourth-order valence-corrected chi connectivity index (χ4v) is 3.93. The van der Waals surface area contributed by atoms with Crippen molar-refractivity contribution in [1.82, 2.24) is 15.0 Å². The Balaban J connectivity index is 1.41. The Bertz CT molecular complexity index is 737. The molecule has 1 saturated carbocycles. The lowest BCUT2D eigenvalue weighted by atomic mass is 9.94. The monoisotopic (exact) mass is 343 g/mol. The van der Waals surface area contributed by atoms with Crippen LogP contribution in [0.2, 0.25) is 0 Å². The molecule has 1 aliphatic heterocycles. The minimum atomic E-state index is -0.262. The first-order valence-corrected chi connectivity index (χ1v) is 9.05. The normalized spacial score (nSPS) is 21.9. The average Bonchev–Trinajstić information content (AvgIpc) is 3.24. The molecule has 2 heterocycles.